The lowest BCUT2D eigenvalue weighted by molar-refractivity contribution is 0.660. The van der Waals surface area contributed by atoms with E-state index in [2.05, 4.69) is 125 Å². The molecule has 0 amide bonds. The predicted molar refractivity (Wildman–Crippen MR) is 160 cm³/mol. The molecule has 4 aromatic carbocycles. The Hall–Kier alpha value is -3.00. The molecule has 0 heterocycles. The molecule has 156 valence electrons. The van der Waals surface area contributed by atoms with Gasteiger partial charge in [-0.15, -0.1) is 16.4 Å². The molecule has 0 aliphatic heterocycles. The summed E-state index contributed by atoms with van der Waals surface area (Å²) in [6.45, 7) is 4.65. The predicted octanol–water partition coefficient (Wildman–Crippen LogP) is -1.30. The average molecular weight is 421 g/mol. The number of fused-ring (bicyclic) bond motifs is 3. The molecule has 0 saturated carbocycles. The van der Waals surface area contributed by atoms with E-state index >= 15 is 0 Å². The molecule has 6 heteroatoms. The molecular weight excluding hydrogens is 392 g/mol. The van der Waals surface area contributed by atoms with E-state index in [1.807, 2.05) is 0 Å². The fourth-order valence-corrected chi connectivity index (χ4v) is 5.60. The number of rotatable bonds is 3. The Morgan fingerprint density at radius 3 is 1.79 bits per heavy atom. The van der Waals surface area contributed by atoms with Crippen molar-refractivity contribution in [3.63, 3.8) is 0 Å². The van der Waals surface area contributed by atoms with E-state index in [9.17, 15) is 0 Å². The van der Waals surface area contributed by atoms with Gasteiger partial charge in [-0.1, -0.05) is 67.2 Å². The van der Waals surface area contributed by atoms with E-state index in [1.165, 1.54) is 60.7 Å². The van der Waals surface area contributed by atoms with Crippen LogP contribution in [0.2, 0.25) is 0 Å². The Morgan fingerprint density at radius 2 is 1.12 bits per heavy atom. The third kappa shape index (κ3) is 3.39. The lowest BCUT2D eigenvalue weighted by Gasteiger charge is -2.22. The van der Waals surface area contributed by atoms with Crippen molar-refractivity contribution in [2.45, 2.75) is 19.3 Å². The van der Waals surface area contributed by atoms with Gasteiger partial charge in [0.1, 0.15) is 39.2 Å². The zero-order valence-corrected chi connectivity index (χ0v) is 20.9. The first kappa shape index (κ1) is 21.8. The fraction of sp³-hybridized carbons (Fsp3) is 0.111. The highest BCUT2D eigenvalue weighted by molar-refractivity contribution is 6.68. The molecule has 0 atom stereocenters. The quantitative estimate of drug-likeness (QED) is 0.406. The molecular formula is C27H28B5N. The maximum Gasteiger partial charge on any atom is 0.139 e. The van der Waals surface area contributed by atoms with Crippen LogP contribution in [0.5, 0.6) is 0 Å². The summed E-state index contributed by atoms with van der Waals surface area (Å²) in [5.41, 5.74) is 17.4. The second-order valence-corrected chi connectivity index (χ2v) is 10.1. The number of benzene rings is 4. The normalized spacial score (nSPS) is 13.4. The molecule has 33 heavy (non-hydrogen) atoms. The molecule has 1 aliphatic carbocycles. The maximum absolute atomic E-state index is 3.64. The highest BCUT2D eigenvalue weighted by Crippen LogP contribution is 2.49. The van der Waals surface area contributed by atoms with Crippen molar-refractivity contribution < 1.29 is 0 Å². The van der Waals surface area contributed by atoms with Gasteiger partial charge >= 0.3 is 0 Å². The van der Waals surface area contributed by atoms with Gasteiger partial charge in [0.25, 0.3) is 0 Å². The summed E-state index contributed by atoms with van der Waals surface area (Å²) in [7, 11) is 11.2. The first-order valence-electron chi connectivity index (χ1n) is 11.9. The van der Waals surface area contributed by atoms with Crippen LogP contribution in [0, 0.1) is 0 Å². The summed E-state index contributed by atoms with van der Waals surface area (Å²) in [6.07, 6.45) is 0. The Bertz CT molecular complexity index is 1380. The van der Waals surface area contributed by atoms with Crippen molar-refractivity contribution in [2.24, 2.45) is 0 Å². The lowest BCUT2D eigenvalue weighted by atomic mass is 9.60. The standard InChI is InChI=1S/C27H28B5N/c1-27(2)19-6-4-3-5-17(19)18-12-11-16(13-20(18)27)33-15-9-7-14(8-10-15)21-22(28)24(30)26(32)25(31)23(21)29/h3-13,33H,28-32H2,1-2H3. The van der Waals surface area contributed by atoms with Crippen LogP contribution >= 0.6 is 0 Å². The van der Waals surface area contributed by atoms with E-state index in [4.69, 9.17) is 0 Å². The molecule has 0 saturated heterocycles. The van der Waals surface area contributed by atoms with Crippen LogP contribution in [0.4, 0.5) is 11.4 Å². The van der Waals surface area contributed by atoms with Gasteiger partial charge in [0.05, 0.1) is 0 Å². The largest absolute Gasteiger partial charge is 0.356 e. The average Bonchev–Trinajstić information content (AvgIpc) is 3.04. The van der Waals surface area contributed by atoms with Crippen molar-refractivity contribution in [1.82, 2.24) is 0 Å². The second-order valence-electron chi connectivity index (χ2n) is 10.1. The van der Waals surface area contributed by atoms with Gasteiger partial charge in [0, 0.05) is 16.8 Å². The van der Waals surface area contributed by atoms with Crippen LogP contribution < -0.4 is 32.6 Å². The molecule has 0 unspecified atom stereocenters. The Labute approximate surface area is 202 Å². The summed E-state index contributed by atoms with van der Waals surface area (Å²) >= 11 is 0. The van der Waals surface area contributed by atoms with Crippen molar-refractivity contribution in [3.05, 3.63) is 77.9 Å². The minimum atomic E-state index is 0.0175. The van der Waals surface area contributed by atoms with Gasteiger partial charge in [-0.25, -0.2) is 0 Å². The van der Waals surface area contributed by atoms with Crippen LogP contribution in [0.1, 0.15) is 25.0 Å². The Kier molecular flexibility index (Phi) is 5.16. The van der Waals surface area contributed by atoms with Crippen LogP contribution in [0.25, 0.3) is 22.3 Å². The van der Waals surface area contributed by atoms with E-state index in [0.717, 1.165) is 11.4 Å². The summed E-state index contributed by atoms with van der Waals surface area (Å²) in [6, 6.07) is 24.5. The van der Waals surface area contributed by atoms with Crippen LogP contribution in [0.15, 0.2) is 66.7 Å². The highest BCUT2D eigenvalue weighted by atomic mass is 14.9. The minimum absolute atomic E-state index is 0.0175. The molecule has 0 radical (unpaired) electrons. The molecule has 1 aliphatic rings. The summed E-state index contributed by atoms with van der Waals surface area (Å²) in [5.74, 6) is 0. The van der Waals surface area contributed by atoms with Crippen LogP contribution in [-0.2, 0) is 5.41 Å². The number of hydrogen-bond acceptors (Lipinski definition) is 1. The molecule has 0 bridgehead atoms. The smallest absolute Gasteiger partial charge is 0.139 e. The lowest BCUT2D eigenvalue weighted by Crippen LogP contribution is -2.55. The first-order chi connectivity index (χ1) is 15.7. The zero-order valence-electron chi connectivity index (χ0n) is 20.9. The molecule has 0 fully saturated rings. The van der Waals surface area contributed by atoms with Crippen molar-refractivity contribution in [1.29, 1.82) is 0 Å². The number of nitrogens with one attached hydrogen (secondary N) is 1. The van der Waals surface area contributed by atoms with E-state index < -0.39 is 0 Å². The van der Waals surface area contributed by atoms with Crippen LogP contribution in [0.3, 0.4) is 0 Å². The van der Waals surface area contributed by atoms with Crippen LogP contribution in [-0.4, -0.2) is 39.2 Å². The van der Waals surface area contributed by atoms with Gasteiger partial charge in [-0.3, -0.25) is 0 Å². The van der Waals surface area contributed by atoms with Crippen molar-refractivity contribution >= 4 is 77.9 Å². The monoisotopic (exact) mass is 421 g/mol. The van der Waals surface area contributed by atoms with E-state index in [-0.39, 0.29) is 5.41 Å². The highest BCUT2D eigenvalue weighted by Gasteiger charge is 2.35. The van der Waals surface area contributed by atoms with Crippen molar-refractivity contribution in [3.8, 4) is 22.3 Å². The van der Waals surface area contributed by atoms with Gasteiger partial charge in [0.2, 0.25) is 0 Å². The van der Waals surface area contributed by atoms with Crippen molar-refractivity contribution in [2.75, 3.05) is 5.32 Å². The molecule has 4 aromatic rings. The Morgan fingerprint density at radius 1 is 0.576 bits per heavy atom. The molecule has 1 nitrogen and oxygen atoms in total. The van der Waals surface area contributed by atoms with Gasteiger partial charge in [-0.05, 0) is 57.6 Å². The molecule has 5 rings (SSSR count). The summed E-state index contributed by atoms with van der Waals surface area (Å²) < 4.78 is 0. The van der Waals surface area contributed by atoms with E-state index in [1.54, 1.807) is 0 Å². The topological polar surface area (TPSA) is 12.0 Å². The molecule has 0 spiro atoms. The van der Waals surface area contributed by atoms with Gasteiger partial charge in [0.15, 0.2) is 0 Å². The minimum Gasteiger partial charge on any atom is -0.356 e. The zero-order chi connectivity index (χ0) is 23.5. The van der Waals surface area contributed by atoms with Gasteiger partial charge < -0.3 is 5.32 Å². The maximum atomic E-state index is 3.64. The second kappa shape index (κ2) is 7.80. The summed E-state index contributed by atoms with van der Waals surface area (Å²) in [5, 5.41) is 3.64. The molecule has 1 N–H and O–H groups in total. The fourth-order valence-electron chi connectivity index (χ4n) is 5.60. The third-order valence-corrected chi connectivity index (χ3v) is 8.05. The van der Waals surface area contributed by atoms with E-state index in [0.29, 0.717) is 0 Å². The molecule has 0 aromatic heterocycles. The van der Waals surface area contributed by atoms with Gasteiger partial charge in [-0.2, -0.15) is 0 Å². The Balaban J connectivity index is 1.46. The summed E-state index contributed by atoms with van der Waals surface area (Å²) in [4.78, 5) is 0. The first-order valence-corrected chi connectivity index (χ1v) is 11.9. The number of hydrogen-bond donors (Lipinski definition) is 1. The third-order valence-electron chi connectivity index (χ3n) is 8.05. The number of anilines is 2. The SMILES string of the molecule is Bc1c(B)c(B)c(-c2ccc(Nc3ccc4c(c3)C(C)(C)c3ccccc3-4)cc2)c(B)c1B.